The van der Waals surface area contributed by atoms with Gasteiger partial charge in [0.2, 0.25) is 0 Å². The highest BCUT2D eigenvalue weighted by atomic mass is 32.2. The summed E-state index contributed by atoms with van der Waals surface area (Å²) in [5, 5.41) is 0. The molecule has 1 aliphatic heterocycles. The number of carbonyl (C=O) groups is 1. The first-order valence-electron chi connectivity index (χ1n) is 3.83. The maximum atomic E-state index is 11.2. The lowest BCUT2D eigenvalue weighted by Crippen LogP contribution is -2.42. The van der Waals surface area contributed by atoms with Crippen molar-refractivity contribution in [3.8, 4) is 0 Å². The van der Waals surface area contributed by atoms with E-state index in [-0.39, 0.29) is 29.1 Å². The van der Waals surface area contributed by atoms with Gasteiger partial charge in [0.05, 0.1) is 11.5 Å². The van der Waals surface area contributed by atoms with Crippen LogP contribution >= 0.6 is 0 Å². The number of hydrogen-bond donors (Lipinski definition) is 0. The minimum atomic E-state index is -2.80. The molecule has 0 atom stereocenters. The van der Waals surface area contributed by atoms with Crippen molar-refractivity contribution >= 4 is 15.6 Å². The monoisotopic (exact) mass is 174 g/mol. The molecule has 0 N–H and O–H groups in total. The van der Waals surface area contributed by atoms with Crippen LogP contribution in [0, 0.1) is 11.8 Å². The second-order valence-electron chi connectivity index (χ2n) is 3.45. The van der Waals surface area contributed by atoms with Crippen molar-refractivity contribution in [1.29, 1.82) is 0 Å². The lowest BCUT2D eigenvalue weighted by molar-refractivity contribution is -0.123. The zero-order chi connectivity index (χ0) is 8.06. The van der Waals surface area contributed by atoms with E-state index < -0.39 is 9.84 Å². The Hall–Kier alpha value is -0.380. The number of carbonyl (C=O) groups excluding carboxylic acids is 1. The maximum absolute atomic E-state index is 11.2. The first-order valence-corrected chi connectivity index (χ1v) is 5.65. The Balaban J connectivity index is 1.95. The van der Waals surface area contributed by atoms with Gasteiger partial charge in [-0.05, 0) is 12.8 Å². The molecule has 2 rings (SSSR count). The molecule has 62 valence electrons. The van der Waals surface area contributed by atoms with Crippen LogP contribution in [0.4, 0.5) is 0 Å². The third kappa shape index (κ3) is 1.31. The zero-order valence-corrected chi connectivity index (χ0v) is 6.93. The van der Waals surface area contributed by atoms with Crippen molar-refractivity contribution in [3.63, 3.8) is 0 Å². The molecule has 11 heavy (non-hydrogen) atoms. The molecule has 0 unspecified atom stereocenters. The van der Waals surface area contributed by atoms with Gasteiger partial charge in [0.25, 0.3) is 0 Å². The molecule has 0 spiro atoms. The molecule has 1 heterocycles. The number of hydrogen-bond acceptors (Lipinski definition) is 3. The van der Waals surface area contributed by atoms with Gasteiger partial charge in [0.15, 0.2) is 9.84 Å². The van der Waals surface area contributed by atoms with Crippen LogP contribution in [-0.4, -0.2) is 25.7 Å². The molecule has 2 aliphatic rings. The van der Waals surface area contributed by atoms with Crippen LogP contribution in [0.15, 0.2) is 0 Å². The molecule has 0 bridgehead atoms. The molecule has 0 aromatic carbocycles. The van der Waals surface area contributed by atoms with E-state index in [2.05, 4.69) is 0 Å². The van der Waals surface area contributed by atoms with Crippen molar-refractivity contribution in [2.45, 2.75) is 12.8 Å². The van der Waals surface area contributed by atoms with E-state index in [1.54, 1.807) is 0 Å². The van der Waals surface area contributed by atoms with Crippen LogP contribution < -0.4 is 0 Å². The van der Waals surface area contributed by atoms with E-state index in [0.717, 1.165) is 12.8 Å². The van der Waals surface area contributed by atoms with Gasteiger partial charge in [0.1, 0.15) is 5.78 Å². The van der Waals surface area contributed by atoms with Crippen LogP contribution in [-0.2, 0) is 14.6 Å². The van der Waals surface area contributed by atoms with Crippen LogP contribution in [0.2, 0.25) is 0 Å². The fraction of sp³-hybridized carbons (Fsp3) is 0.857. The molecule has 4 heteroatoms. The molecule has 0 radical (unpaired) electrons. The fourth-order valence-electron chi connectivity index (χ4n) is 1.43. The van der Waals surface area contributed by atoms with Gasteiger partial charge < -0.3 is 0 Å². The van der Waals surface area contributed by atoms with Crippen LogP contribution in [0.3, 0.4) is 0 Å². The van der Waals surface area contributed by atoms with Crippen molar-refractivity contribution < 1.29 is 13.2 Å². The van der Waals surface area contributed by atoms with E-state index in [9.17, 15) is 13.2 Å². The smallest absolute Gasteiger partial charge is 0.151 e. The van der Waals surface area contributed by atoms with Gasteiger partial charge in [-0.15, -0.1) is 0 Å². The zero-order valence-electron chi connectivity index (χ0n) is 6.12. The second kappa shape index (κ2) is 2.06. The van der Waals surface area contributed by atoms with Crippen molar-refractivity contribution in [3.05, 3.63) is 0 Å². The van der Waals surface area contributed by atoms with Crippen LogP contribution in [0.25, 0.3) is 0 Å². The fourth-order valence-corrected chi connectivity index (χ4v) is 2.89. The topological polar surface area (TPSA) is 51.2 Å². The Labute approximate surface area is 65.7 Å². The molecule has 1 saturated heterocycles. The molecule has 3 nitrogen and oxygen atoms in total. The molecular formula is C7H10O3S. The highest BCUT2D eigenvalue weighted by Crippen LogP contribution is 2.35. The predicted molar refractivity (Wildman–Crippen MR) is 39.9 cm³/mol. The van der Waals surface area contributed by atoms with Gasteiger partial charge in [-0.3, -0.25) is 4.79 Å². The van der Waals surface area contributed by atoms with Crippen molar-refractivity contribution in [2.75, 3.05) is 11.5 Å². The normalized spacial score (nSPS) is 29.5. The van der Waals surface area contributed by atoms with E-state index in [0.29, 0.717) is 0 Å². The summed E-state index contributed by atoms with van der Waals surface area (Å²) in [5.41, 5.74) is 0. The Morgan fingerprint density at radius 1 is 1.09 bits per heavy atom. The summed E-state index contributed by atoms with van der Waals surface area (Å²) in [6.45, 7) is 0. The third-order valence-electron chi connectivity index (χ3n) is 2.29. The van der Waals surface area contributed by atoms with Crippen molar-refractivity contribution in [2.24, 2.45) is 11.8 Å². The first kappa shape index (κ1) is 7.28. The molecule has 1 aliphatic carbocycles. The average Bonchev–Trinajstić information content (AvgIpc) is 2.61. The summed E-state index contributed by atoms with van der Waals surface area (Å²) >= 11 is 0. The highest BCUT2D eigenvalue weighted by Gasteiger charge is 2.44. The standard InChI is InChI=1S/C7H10O3S/c8-7(5-1-2-5)6-3-11(9,10)4-6/h5-6H,1-4H2. The second-order valence-corrected chi connectivity index (χ2v) is 5.60. The molecule has 1 saturated carbocycles. The summed E-state index contributed by atoms with van der Waals surface area (Å²) < 4.78 is 21.4. The van der Waals surface area contributed by atoms with Crippen molar-refractivity contribution in [1.82, 2.24) is 0 Å². The minimum absolute atomic E-state index is 0.113. The summed E-state index contributed by atoms with van der Waals surface area (Å²) in [6.07, 6.45) is 1.96. The van der Waals surface area contributed by atoms with E-state index >= 15 is 0 Å². The number of Topliss-reactive ketones (excluding diaryl/α,β-unsaturated/α-hetero) is 1. The lowest BCUT2D eigenvalue weighted by Gasteiger charge is -2.23. The van der Waals surface area contributed by atoms with E-state index in [4.69, 9.17) is 0 Å². The van der Waals surface area contributed by atoms with Gasteiger partial charge in [-0.2, -0.15) is 0 Å². The molecule has 0 amide bonds. The van der Waals surface area contributed by atoms with Crippen LogP contribution in [0.5, 0.6) is 0 Å². The Morgan fingerprint density at radius 2 is 1.64 bits per heavy atom. The average molecular weight is 174 g/mol. The minimum Gasteiger partial charge on any atom is -0.299 e. The summed E-state index contributed by atoms with van der Waals surface area (Å²) in [5.74, 6) is 0.493. The maximum Gasteiger partial charge on any atom is 0.151 e. The van der Waals surface area contributed by atoms with E-state index in [1.165, 1.54) is 0 Å². The Morgan fingerprint density at radius 3 is 2.00 bits per heavy atom. The van der Waals surface area contributed by atoms with Gasteiger partial charge in [0, 0.05) is 11.8 Å². The van der Waals surface area contributed by atoms with Gasteiger partial charge in [-0.1, -0.05) is 0 Å². The SMILES string of the molecule is O=C(C1CC1)C1CS(=O)(=O)C1. The molecule has 0 aromatic heterocycles. The number of sulfone groups is 1. The number of ketones is 1. The molecule has 0 aromatic rings. The summed E-state index contributed by atoms with van der Waals surface area (Å²) in [7, 11) is -2.80. The van der Waals surface area contributed by atoms with E-state index in [1.807, 2.05) is 0 Å². The lowest BCUT2D eigenvalue weighted by atomic mass is 10.0. The summed E-state index contributed by atoms with van der Waals surface area (Å²) in [6, 6.07) is 0. The largest absolute Gasteiger partial charge is 0.299 e. The van der Waals surface area contributed by atoms with Gasteiger partial charge >= 0.3 is 0 Å². The third-order valence-corrected chi connectivity index (χ3v) is 4.11. The molecular weight excluding hydrogens is 164 g/mol. The first-order chi connectivity index (χ1) is 5.08. The van der Waals surface area contributed by atoms with Gasteiger partial charge in [-0.25, -0.2) is 8.42 Å². The summed E-state index contributed by atoms with van der Waals surface area (Å²) in [4.78, 5) is 11.2. The quantitative estimate of drug-likeness (QED) is 0.592. The predicted octanol–water partition coefficient (Wildman–Crippen LogP) is 0.0101. The number of rotatable bonds is 2. The Bertz CT molecular complexity index is 275. The highest BCUT2D eigenvalue weighted by molar-refractivity contribution is 7.92. The Kier molecular flexibility index (Phi) is 1.36. The van der Waals surface area contributed by atoms with Crippen LogP contribution in [0.1, 0.15) is 12.8 Å². The molecule has 2 fully saturated rings.